The first-order valence-electron chi connectivity index (χ1n) is 10.1. The van der Waals surface area contributed by atoms with Gasteiger partial charge in [-0.1, -0.05) is 15.9 Å². The van der Waals surface area contributed by atoms with Gasteiger partial charge < -0.3 is 15.4 Å². The molecule has 0 unspecified atom stereocenters. The van der Waals surface area contributed by atoms with E-state index in [1.807, 2.05) is 0 Å². The quantitative estimate of drug-likeness (QED) is 0.319. The van der Waals surface area contributed by atoms with Crippen molar-refractivity contribution < 1.29 is 27.9 Å². The molecule has 3 aromatic carbocycles. The second kappa shape index (κ2) is 9.94. The largest absolute Gasteiger partial charge is 0.497 e. The third kappa shape index (κ3) is 5.30. The van der Waals surface area contributed by atoms with E-state index in [-0.39, 0.29) is 11.4 Å². The number of carbonyl (C=O) groups excluding carboxylic acids is 3. The fraction of sp³-hybridized carbons (Fsp3) is 0.0417. The van der Waals surface area contributed by atoms with Crippen LogP contribution in [0, 0.1) is 11.6 Å². The number of anilines is 2. The maximum absolute atomic E-state index is 13.9. The average molecular weight is 543 g/mol. The summed E-state index contributed by atoms with van der Waals surface area (Å²) in [5.41, 5.74) is 2.93. The summed E-state index contributed by atoms with van der Waals surface area (Å²) < 4.78 is 34.0. The lowest BCUT2D eigenvalue weighted by atomic mass is 10.2. The molecule has 1 aromatic heterocycles. The Labute approximate surface area is 206 Å². The molecule has 0 spiro atoms. The standard InChI is InChI=1S/C24H17BrF2N4O4/c1-35-17-6-4-16(5-7-17)28-22(32)21-11-13-10-14(25)2-9-20(13)31(21)30-24(34)23(33)29-19-8-3-15(26)12-18(19)27/h2-12H,1H3,(H,28,32)(H,29,33)(H,30,34). The number of carbonyl (C=O) groups is 3. The lowest BCUT2D eigenvalue weighted by Crippen LogP contribution is -2.36. The smallest absolute Gasteiger partial charge is 0.328 e. The third-order valence-electron chi connectivity index (χ3n) is 4.94. The number of ether oxygens (including phenoxy) is 1. The van der Waals surface area contributed by atoms with Gasteiger partial charge in [-0.15, -0.1) is 0 Å². The van der Waals surface area contributed by atoms with Crippen molar-refractivity contribution in [2.24, 2.45) is 0 Å². The number of rotatable bonds is 5. The van der Waals surface area contributed by atoms with Gasteiger partial charge in [-0.05, 0) is 60.7 Å². The van der Waals surface area contributed by atoms with E-state index in [1.165, 1.54) is 13.2 Å². The van der Waals surface area contributed by atoms with Gasteiger partial charge in [0.1, 0.15) is 23.1 Å². The Morgan fingerprint density at radius 2 is 1.63 bits per heavy atom. The highest BCUT2D eigenvalue weighted by atomic mass is 79.9. The Morgan fingerprint density at radius 3 is 2.31 bits per heavy atom. The van der Waals surface area contributed by atoms with Crippen LogP contribution in [0.25, 0.3) is 10.9 Å². The monoisotopic (exact) mass is 542 g/mol. The topological polar surface area (TPSA) is 101 Å². The Balaban J connectivity index is 1.61. The summed E-state index contributed by atoms with van der Waals surface area (Å²) in [6.45, 7) is 0. The molecule has 8 nitrogen and oxygen atoms in total. The number of methoxy groups -OCH3 is 1. The Kier molecular flexibility index (Phi) is 6.78. The number of benzene rings is 3. The molecule has 1 heterocycles. The minimum Gasteiger partial charge on any atom is -0.497 e. The summed E-state index contributed by atoms with van der Waals surface area (Å²) in [5, 5.41) is 5.40. The molecule has 3 amide bonds. The third-order valence-corrected chi connectivity index (χ3v) is 5.44. The molecule has 178 valence electrons. The van der Waals surface area contributed by atoms with E-state index >= 15 is 0 Å². The number of fused-ring (bicyclic) bond motifs is 1. The van der Waals surface area contributed by atoms with Gasteiger partial charge >= 0.3 is 11.8 Å². The maximum atomic E-state index is 13.9. The summed E-state index contributed by atoms with van der Waals surface area (Å²) in [6.07, 6.45) is 0. The van der Waals surface area contributed by atoms with Gasteiger partial charge in [-0.2, -0.15) is 0 Å². The summed E-state index contributed by atoms with van der Waals surface area (Å²) in [6, 6.07) is 15.7. The van der Waals surface area contributed by atoms with Crippen molar-refractivity contribution in [3.8, 4) is 5.75 Å². The van der Waals surface area contributed by atoms with Crippen LogP contribution in [0.5, 0.6) is 5.75 Å². The highest BCUT2D eigenvalue weighted by molar-refractivity contribution is 9.10. The van der Waals surface area contributed by atoms with Crippen molar-refractivity contribution in [1.82, 2.24) is 4.68 Å². The molecule has 0 saturated heterocycles. The van der Waals surface area contributed by atoms with Gasteiger partial charge in [-0.3, -0.25) is 19.8 Å². The summed E-state index contributed by atoms with van der Waals surface area (Å²) >= 11 is 3.36. The zero-order chi connectivity index (χ0) is 25.1. The van der Waals surface area contributed by atoms with Crippen LogP contribution in [0.3, 0.4) is 0 Å². The molecule has 4 rings (SSSR count). The zero-order valence-electron chi connectivity index (χ0n) is 18.1. The van der Waals surface area contributed by atoms with Crippen molar-refractivity contribution >= 4 is 55.9 Å². The second-order valence-corrected chi connectivity index (χ2v) is 8.19. The normalized spacial score (nSPS) is 10.6. The van der Waals surface area contributed by atoms with Crippen molar-refractivity contribution in [3.05, 3.63) is 88.5 Å². The first-order valence-corrected chi connectivity index (χ1v) is 10.9. The number of amides is 3. The van der Waals surface area contributed by atoms with Crippen LogP contribution in [-0.2, 0) is 9.59 Å². The molecular formula is C24H17BrF2N4O4. The van der Waals surface area contributed by atoms with Crippen LogP contribution in [0.1, 0.15) is 10.5 Å². The summed E-state index contributed by atoms with van der Waals surface area (Å²) in [5.74, 6) is -4.21. The van der Waals surface area contributed by atoms with Gasteiger partial charge in [0.05, 0.1) is 18.3 Å². The number of hydrogen-bond acceptors (Lipinski definition) is 4. The van der Waals surface area contributed by atoms with E-state index in [0.29, 0.717) is 28.4 Å². The molecule has 0 radical (unpaired) electrons. The van der Waals surface area contributed by atoms with Crippen molar-refractivity contribution in [1.29, 1.82) is 0 Å². The molecule has 0 aliphatic carbocycles. The van der Waals surface area contributed by atoms with E-state index in [2.05, 4.69) is 32.0 Å². The first kappa shape index (κ1) is 23.9. The first-order chi connectivity index (χ1) is 16.7. The van der Waals surface area contributed by atoms with Gasteiger partial charge in [0, 0.05) is 21.6 Å². The van der Waals surface area contributed by atoms with Gasteiger partial charge in [0.2, 0.25) is 0 Å². The van der Waals surface area contributed by atoms with E-state index in [4.69, 9.17) is 4.74 Å². The molecule has 0 atom stereocenters. The number of nitrogens with zero attached hydrogens (tertiary/aromatic N) is 1. The molecule has 0 aliphatic heterocycles. The number of aromatic nitrogens is 1. The van der Waals surface area contributed by atoms with Crippen LogP contribution in [-0.4, -0.2) is 29.5 Å². The molecule has 0 aliphatic rings. The fourth-order valence-corrected chi connectivity index (χ4v) is 3.64. The van der Waals surface area contributed by atoms with Crippen LogP contribution >= 0.6 is 15.9 Å². The maximum Gasteiger partial charge on any atom is 0.328 e. The van der Waals surface area contributed by atoms with E-state index in [1.54, 1.807) is 42.5 Å². The molecule has 3 N–H and O–H groups in total. The average Bonchev–Trinajstić information content (AvgIpc) is 3.18. The summed E-state index contributed by atoms with van der Waals surface area (Å²) in [7, 11) is 1.52. The molecular weight excluding hydrogens is 526 g/mol. The minimum atomic E-state index is -1.21. The molecule has 0 fully saturated rings. The van der Waals surface area contributed by atoms with Gasteiger partial charge in [0.15, 0.2) is 0 Å². The van der Waals surface area contributed by atoms with Crippen molar-refractivity contribution in [3.63, 3.8) is 0 Å². The van der Waals surface area contributed by atoms with Crippen LogP contribution < -0.4 is 20.8 Å². The van der Waals surface area contributed by atoms with Crippen LogP contribution in [0.15, 0.2) is 71.2 Å². The van der Waals surface area contributed by atoms with Gasteiger partial charge in [-0.25, -0.2) is 13.5 Å². The zero-order valence-corrected chi connectivity index (χ0v) is 19.7. The lowest BCUT2D eigenvalue weighted by molar-refractivity contribution is -0.133. The predicted octanol–water partition coefficient (Wildman–Crippen LogP) is 4.65. The highest BCUT2D eigenvalue weighted by Crippen LogP contribution is 2.24. The SMILES string of the molecule is COc1ccc(NC(=O)c2cc3cc(Br)ccc3n2NC(=O)C(=O)Nc2ccc(F)cc2F)cc1. The fourth-order valence-electron chi connectivity index (χ4n) is 3.27. The number of hydrogen-bond donors (Lipinski definition) is 3. The molecule has 0 bridgehead atoms. The minimum absolute atomic E-state index is 0.0306. The highest BCUT2D eigenvalue weighted by Gasteiger charge is 2.22. The van der Waals surface area contributed by atoms with Crippen molar-refractivity contribution in [2.45, 2.75) is 0 Å². The second-order valence-electron chi connectivity index (χ2n) is 7.27. The lowest BCUT2D eigenvalue weighted by Gasteiger charge is -2.13. The van der Waals surface area contributed by atoms with E-state index in [0.717, 1.165) is 21.3 Å². The van der Waals surface area contributed by atoms with Crippen LogP contribution in [0.4, 0.5) is 20.2 Å². The van der Waals surface area contributed by atoms with E-state index < -0.39 is 29.4 Å². The number of nitrogens with one attached hydrogen (secondary N) is 3. The van der Waals surface area contributed by atoms with Crippen molar-refractivity contribution in [2.75, 3.05) is 23.2 Å². The Bertz CT molecular complexity index is 1450. The van der Waals surface area contributed by atoms with Gasteiger partial charge in [0.25, 0.3) is 5.91 Å². The molecule has 35 heavy (non-hydrogen) atoms. The van der Waals surface area contributed by atoms with Crippen LogP contribution in [0.2, 0.25) is 0 Å². The Hall–Kier alpha value is -4.25. The molecule has 0 saturated carbocycles. The predicted molar refractivity (Wildman–Crippen MR) is 130 cm³/mol. The number of halogens is 3. The van der Waals surface area contributed by atoms with E-state index in [9.17, 15) is 23.2 Å². The molecule has 4 aromatic rings. The Morgan fingerprint density at radius 1 is 0.886 bits per heavy atom. The summed E-state index contributed by atoms with van der Waals surface area (Å²) in [4.78, 5) is 38.0. The molecule has 11 heteroatoms.